The van der Waals surface area contributed by atoms with Crippen molar-refractivity contribution in [3.8, 4) is 0 Å². The van der Waals surface area contributed by atoms with Crippen molar-refractivity contribution in [1.82, 2.24) is 10.2 Å². The zero-order valence-corrected chi connectivity index (χ0v) is 14.4. The Kier molecular flexibility index (Phi) is 4.93. The third kappa shape index (κ3) is 3.63. The van der Waals surface area contributed by atoms with Crippen LogP contribution in [0.25, 0.3) is 0 Å². The van der Waals surface area contributed by atoms with Gasteiger partial charge in [0.15, 0.2) is 0 Å². The molecule has 0 radical (unpaired) electrons. The molecule has 1 aromatic rings. The number of carbonyl (C=O) groups is 2. The summed E-state index contributed by atoms with van der Waals surface area (Å²) in [6.45, 7) is 8.08. The average Bonchev–Trinajstić information content (AvgIpc) is 2.55. The summed E-state index contributed by atoms with van der Waals surface area (Å²) in [6, 6.07) is 9.90. The van der Waals surface area contributed by atoms with Crippen LogP contribution in [0.2, 0.25) is 0 Å². The van der Waals surface area contributed by atoms with Gasteiger partial charge >= 0.3 is 0 Å². The second-order valence-corrected chi connectivity index (χ2v) is 6.82. The first-order valence-electron chi connectivity index (χ1n) is 8.15. The largest absolute Gasteiger partial charge is 0.343 e. The molecule has 2 amide bonds. The fraction of sp³-hybridized carbons (Fsp3) is 0.474. The van der Waals surface area contributed by atoms with Crippen LogP contribution >= 0.6 is 0 Å². The number of rotatable bonds is 4. The van der Waals surface area contributed by atoms with Gasteiger partial charge in [-0.1, -0.05) is 51.1 Å². The lowest BCUT2D eigenvalue weighted by Crippen LogP contribution is -2.50. The van der Waals surface area contributed by atoms with Crippen molar-refractivity contribution in [1.29, 1.82) is 0 Å². The number of amides is 2. The highest BCUT2D eigenvalue weighted by atomic mass is 16.2. The van der Waals surface area contributed by atoms with Crippen LogP contribution in [0.1, 0.15) is 46.1 Å². The minimum Gasteiger partial charge on any atom is -0.343 e. The van der Waals surface area contributed by atoms with Gasteiger partial charge in [-0.05, 0) is 24.5 Å². The van der Waals surface area contributed by atoms with Gasteiger partial charge in [0, 0.05) is 25.1 Å². The first-order chi connectivity index (χ1) is 10.8. The van der Waals surface area contributed by atoms with Gasteiger partial charge in [0.1, 0.15) is 0 Å². The van der Waals surface area contributed by atoms with E-state index in [1.807, 2.05) is 63.4 Å². The zero-order chi connectivity index (χ0) is 17.1. The van der Waals surface area contributed by atoms with E-state index in [0.29, 0.717) is 13.0 Å². The van der Waals surface area contributed by atoms with E-state index >= 15 is 0 Å². The van der Waals surface area contributed by atoms with Crippen LogP contribution in [-0.2, 0) is 15.1 Å². The standard InChI is InChI=1S/C19H26N2O2/c1-5-18(3,4)17(23)21-13-11-19(12-14-21,20-15(2)22)16-9-7-6-8-10-16/h6-11,13H,5,12,14H2,1-4H3,(H,20,22). The van der Waals surface area contributed by atoms with Crippen molar-refractivity contribution in [2.24, 2.45) is 5.41 Å². The Morgan fingerprint density at radius 1 is 1.26 bits per heavy atom. The number of hydrogen-bond acceptors (Lipinski definition) is 2. The summed E-state index contributed by atoms with van der Waals surface area (Å²) in [5.74, 6) is 0.0490. The molecule has 0 bridgehead atoms. The smallest absolute Gasteiger partial charge is 0.232 e. The number of benzene rings is 1. The van der Waals surface area contributed by atoms with E-state index in [1.54, 1.807) is 4.90 Å². The zero-order valence-electron chi connectivity index (χ0n) is 14.4. The first kappa shape index (κ1) is 17.3. The van der Waals surface area contributed by atoms with E-state index in [9.17, 15) is 9.59 Å². The monoisotopic (exact) mass is 314 g/mol. The van der Waals surface area contributed by atoms with Gasteiger partial charge < -0.3 is 10.2 Å². The van der Waals surface area contributed by atoms with E-state index in [0.717, 1.165) is 12.0 Å². The third-order valence-corrected chi connectivity index (χ3v) is 4.70. The molecular weight excluding hydrogens is 288 g/mol. The molecule has 1 heterocycles. The summed E-state index contributed by atoms with van der Waals surface area (Å²) in [7, 11) is 0. The molecule has 1 aliphatic rings. The molecule has 1 aliphatic heterocycles. The molecule has 0 spiro atoms. The number of nitrogens with zero attached hydrogens (tertiary/aromatic N) is 1. The second kappa shape index (κ2) is 6.57. The summed E-state index contributed by atoms with van der Waals surface area (Å²) in [6.07, 6.45) is 5.23. The molecule has 4 heteroatoms. The van der Waals surface area contributed by atoms with Gasteiger partial charge in [0.25, 0.3) is 0 Å². The van der Waals surface area contributed by atoms with Gasteiger partial charge in [0.05, 0.1) is 5.54 Å². The lowest BCUT2D eigenvalue weighted by molar-refractivity contribution is -0.138. The molecule has 2 rings (SSSR count). The Hall–Kier alpha value is -2.10. The molecule has 1 aromatic carbocycles. The Morgan fingerprint density at radius 3 is 2.39 bits per heavy atom. The van der Waals surface area contributed by atoms with Gasteiger partial charge in [-0.15, -0.1) is 0 Å². The highest BCUT2D eigenvalue weighted by Crippen LogP contribution is 2.32. The molecule has 0 fully saturated rings. The molecule has 23 heavy (non-hydrogen) atoms. The van der Waals surface area contributed by atoms with Gasteiger partial charge in [-0.2, -0.15) is 0 Å². The molecule has 0 saturated heterocycles. The maximum atomic E-state index is 12.6. The Balaban J connectivity index is 2.30. The van der Waals surface area contributed by atoms with Crippen molar-refractivity contribution < 1.29 is 9.59 Å². The van der Waals surface area contributed by atoms with Gasteiger partial charge in [-0.3, -0.25) is 9.59 Å². The van der Waals surface area contributed by atoms with Crippen molar-refractivity contribution >= 4 is 11.8 Å². The number of carbonyl (C=O) groups excluding carboxylic acids is 2. The molecule has 4 nitrogen and oxygen atoms in total. The van der Waals surface area contributed by atoms with E-state index < -0.39 is 5.54 Å². The highest BCUT2D eigenvalue weighted by Gasteiger charge is 2.37. The minimum absolute atomic E-state index is 0.0767. The van der Waals surface area contributed by atoms with Gasteiger partial charge in [0.2, 0.25) is 11.8 Å². The normalized spacial score (nSPS) is 21.1. The maximum Gasteiger partial charge on any atom is 0.232 e. The Bertz CT molecular complexity index is 607. The van der Waals surface area contributed by atoms with Crippen LogP contribution in [0.15, 0.2) is 42.6 Å². The molecular formula is C19H26N2O2. The minimum atomic E-state index is -0.541. The fourth-order valence-corrected chi connectivity index (χ4v) is 2.85. The van der Waals surface area contributed by atoms with Crippen LogP contribution in [0.3, 0.4) is 0 Å². The molecule has 1 unspecified atom stereocenters. The highest BCUT2D eigenvalue weighted by molar-refractivity contribution is 5.83. The van der Waals surface area contributed by atoms with Crippen LogP contribution in [0.4, 0.5) is 0 Å². The summed E-state index contributed by atoms with van der Waals surface area (Å²) in [5.41, 5.74) is 0.124. The molecule has 0 saturated carbocycles. The van der Waals surface area contributed by atoms with Crippen LogP contribution < -0.4 is 5.32 Å². The number of nitrogens with one attached hydrogen (secondary N) is 1. The van der Waals surface area contributed by atoms with E-state index in [4.69, 9.17) is 0 Å². The molecule has 1 N–H and O–H groups in total. The summed E-state index contributed by atoms with van der Waals surface area (Å²) in [5, 5.41) is 3.06. The lowest BCUT2D eigenvalue weighted by atomic mass is 9.83. The Labute approximate surface area is 138 Å². The second-order valence-electron chi connectivity index (χ2n) is 6.82. The lowest BCUT2D eigenvalue weighted by Gasteiger charge is -2.39. The molecule has 0 aromatic heterocycles. The predicted molar refractivity (Wildman–Crippen MR) is 91.5 cm³/mol. The Morgan fingerprint density at radius 2 is 1.91 bits per heavy atom. The van der Waals surface area contributed by atoms with Gasteiger partial charge in [-0.25, -0.2) is 0 Å². The van der Waals surface area contributed by atoms with Crippen molar-refractivity contribution in [2.75, 3.05) is 6.54 Å². The first-order valence-corrected chi connectivity index (χ1v) is 8.15. The van der Waals surface area contributed by atoms with E-state index in [2.05, 4.69) is 5.32 Å². The molecule has 1 atom stereocenters. The topological polar surface area (TPSA) is 49.4 Å². The van der Waals surface area contributed by atoms with Crippen molar-refractivity contribution in [2.45, 2.75) is 46.1 Å². The molecule has 0 aliphatic carbocycles. The van der Waals surface area contributed by atoms with Crippen LogP contribution in [-0.4, -0.2) is 23.3 Å². The van der Waals surface area contributed by atoms with E-state index in [1.165, 1.54) is 6.92 Å². The third-order valence-electron chi connectivity index (χ3n) is 4.70. The quantitative estimate of drug-likeness (QED) is 0.928. The fourth-order valence-electron chi connectivity index (χ4n) is 2.85. The number of hydrogen-bond donors (Lipinski definition) is 1. The van der Waals surface area contributed by atoms with Crippen LogP contribution in [0, 0.1) is 5.41 Å². The SMILES string of the molecule is CCC(C)(C)C(=O)N1C=CC(NC(C)=O)(c2ccccc2)CC1. The summed E-state index contributed by atoms with van der Waals surface area (Å²) >= 11 is 0. The summed E-state index contributed by atoms with van der Waals surface area (Å²) < 4.78 is 0. The van der Waals surface area contributed by atoms with Crippen molar-refractivity contribution in [3.05, 3.63) is 48.2 Å². The summed E-state index contributed by atoms with van der Waals surface area (Å²) in [4.78, 5) is 26.1. The molecule has 124 valence electrons. The predicted octanol–water partition coefficient (Wildman–Crippen LogP) is 3.20. The van der Waals surface area contributed by atoms with Crippen molar-refractivity contribution in [3.63, 3.8) is 0 Å². The maximum absolute atomic E-state index is 12.6. The average molecular weight is 314 g/mol. The van der Waals surface area contributed by atoms with Crippen LogP contribution in [0.5, 0.6) is 0 Å². The van der Waals surface area contributed by atoms with E-state index in [-0.39, 0.29) is 17.2 Å².